The standard InChI is InChI=1S/C15H20N6O4/c1-3-21-13-9-7(11(16)19-21)4-20(12(9)17-6-18-13)14-15(2,24)10(23)8(5-22)25-14/h4,6,8,10,14,22-24H,3,5H2,1-2H3,(H2,16,19)/t8-,10-,14-,15-/m1/s1. The Hall–Kier alpha value is -2.27. The Balaban J connectivity index is 1.92. The second-order valence-electron chi connectivity index (χ2n) is 6.43. The van der Waals surface area contributed by atoms with Crippen molar-refractivity contribution < 1.29 is 20.1 Å². The highest BCUT2D eigenvalue weighted by molar-refractivity contribution is 6.13. The van der Waals surface area contributed by atoms with Crippen LogP contribution in [0.5, 0.6) is 0 Å². The summed E-state index contributed by atoms with van der Waals surface area (Å²) < 4.78 is 7.30. The number of nitrogens with zero attached hydrogens (tertiary/aromatic N) is 5. The van der Waals surface area contributed by atoms with Gasteiger partial charge in [0.05, 0.1) is 12.0 Å². The lowest BCUT2D eigenvalue weighted by Crippen LogP contribution is -2.44. The van der Waals surface area contributed by atoms with E-state index < -0.39 is 30.6 Å². The van der Waals surface area contributed by atoms with Gasteiger partial charge in [-0.25, -0.2) is 15.0 Å². The smallest absolute Gasteiger partial charge is 0.167 e. The van der Waals surface area contributed by atoms with E-state index in [9.17, 15) is 15.3 Å². The average Bonchev–Trinajstić information content (AvgIpc) is 3.08. The monoisotopic (exact) mass is 348 g/mol. The maximum absolute atomic E-state index is 10.7. The van der Waals surface area contributed by atoms with E-state index in [-0.39, 0.29) is 0 Å². The van der Waals surface area contributed by atoms with Crippen LogP contribution in [0.2, 0.25) is 0 Å². The first-order valence-corrected chi connectivity index (χ1v) is 8.04. The highest BCUT2D eigenvalue weighted by Gasteiger charge is 2.53. The molecule has 0 aromatic carbocycles. The molecule has 5 N–H and O–H groups in total. The molecule has 0 spiro atoms. The molecule has 2 aromatic rings. The van der Waals surface area contributed by atoms with E-state index in [0.29, 0.717) is 34.8 Å². The number of amidine groups is 1. The second-order valence-corrected chi connectivity index (χ2v) is 6.43. The van der Waals surface area contributed by atoms with Gasteiger partial charge in [-0.2, -0.15) is 5.10 Å². The number of nitrogens with two attached hydrogens (primary N) is 1. The lowest BCUT2D eigenvalue weighted by atomic mass is 9.96. The van der Waals surface area contributed by atoms with Crippen molar-refractivity contribution in [3.63, 3.8) is 0 Å². The Bertz CT molecular complexity index is 863. The predicted molar refractivity (Wildman–Crippen MR) is 88.9 cm³/mol. The Morgan fingerprint density at radius 1 is 1.40 bits per heavy atom. The van der Waals surface area contributed by atoms with Crippen LogP contribution in [-0.2, 0) is 4.74 Å². The van der Waals surface area contributed by atoms with Crippen molar-refractivity contribution in [1.29, 1.82) is 0 Å². The highest BCUT2D eigenvalue weighted by atomic mass is 16.6. The summed E-state index contributed by atoms with van der Waals surface area (Å²) in [6.45, 7) is 3.56. The van der Waals surface area contributed by atoms with Crippen LogP contribution in [0.1, 0.15) is 25.6 Å². The fraction of sp³-hybridized carbons (Fsp3) is 0.533. The SMILES string of the molecule is CCN1N=C(N)c2cn([C@@H]3O[C@H](CO)[C@@H](O)[C@@]3(C)O)c3ncnc1c23. The van der Waals surface area contributed by atoms with Crippen LogP contribution in [0.15, 0.2) is 17.6 Å². The Labute approximate surface area is 143 Å². The molecule has 0 bridgehead atoms. The van der Waals surface area contributed by atoms with E-state index in [2.05, 4.69) is 15.1 Å². The first-order chi connectivity index (χ1) is 11.9. The van der Waals surface area contributed by atoms with Gasteiger partial charge in [-0.15, -0.1) is 0 Å². The zero-order valence-electron chi connectivity index (χ0n) is 13.9. The summed E-state index contributed by atoms with van der Waals surface area (Å²) >= 11 is 0. The summed E-state index contributed by atoms with van der Waals surface area (Å²) in [5.41, 5.74) is 5.60. The molecular formula is C15H20N6O4. The summed E-state index contributed by atoms with van der Waals surface area (Å²) in [7, 11) is 0. The number of ether oxygens (including phenoxy) is 1. The van der Waals surface area contributed by atoms with Crippen LogP contribution in [0.4, 0.5) is 5.82 Å². The zero-order valence-corrected chi connectivity index (χ0v) is 13.9. The molecule has 4 rings (SSSR count). The molecule has 1 saturated heterocycles. The number of hydrazone groups is 1. The van der Waals surface area contributed by atoms with Gasteiger partial charge in [0.1, 0.15) is 29.8 Å². The lowest BCUT2D eigenvalue weighted by molar-refractivity contribution is -0.0948. The molecule has 4 atom stereocenters. The Kier molecular flexibility index (Phi) is 3.48. The Morgan fingerprint density at radius 3 is 2.80 bits per heavy atom. The maximum atomic E-state index is 10.7. The van der Waals surface area contributed by atoms with E-state index in [1.165, 1.54) is 13.3 Å². The average molecular weight is 348 g/mol. The van der Waals surface area contributed by atoms with E-state index in [4.69, 9.17) is 10.5 Å². The number of aliphatic hydroxyl groups excluding tert-OH is 2. The quantitative estimate of drug-likeness (QED) is 0.547. The third kappa shape index (κ3) is 2.08. The molecule has 25 heavy (non-hydrogen) atoms. The first-order valence-electron chi connectivity index (χ1n) is 8.04. The van der Waals surface area contributed by atoms with Crippen molar-refractivity contribution in [3.05, 3.63) is 18.1 Å². The van der Waals surface area contributed by atoms with Crippen molar-refractivity contribution in [2.24, 2.45) is 10.8 Å². The largest absolute Gasteiger partial charge is 0.394 e. The number of anilines is 1. The second kappa shape index (κ2) is 5.36. The molecule has 0 saturated carbocycles. The third-order valence-electron chi connectivity index (χ3n) is 4.82. The number of rotatable bonds is 3. The van der Waals surface area contributed by atoms with Gasteiger partial charge in [-0.1, -0.05) is 0 Å². The minimum Gasteiger partial charge on any atom is -0.394 e. The third-order valence-corrected chi connectivity index (χ3v) is 4.82. The predicted octanol–water partition coefficient (Wildman–Crippen LogP) is -1.11. The summed E-state index contributed by atoms with van der Waals surface area (Å²) in [5.74, 6) is 0.928. The summed E-state index contributed by atoms with van der Waals surface area (Å²) in [6, 6.07) is 0. The molecule has 2 aliphatic rings. The van der Waals surface area contributed by atoms with Gasteiger partial charge in [-0.05, 0) is 13.8 Å². The fourth-order valence-electron chi connectivity index (χ4n) is 3.48. The lowest BCUT2D eigenvalue weighted by Gasteiger charge is -2.27. The van der Waals surface area contributed by atoms with Crippen molar-refractivity contribution in [3.8, 4) is 0 Å². The van der Waals surface area contributed by atoms with Crippen LogP contribution in [0.25, 0.3) is 11.0 Å². The van der Waals surface area contributed by atoms with Crippen LogP contribution in [-0.4, -0.2) is 66.7 Å². The normalized spacial score (nSPS) is 31.6. The molecule has 0 amide bonds. The summed E-state index contributed by atoms with van der Waals surface area (Å²) in [4.78, 5) is 8.61. The van der Waals surface area contributed by atoms with Gasteiger partial charge in [0, 0.05) is 18.3 Å². The van der Waals surface area contributed by atoms with Crippen LogP contribution >= 0.6 is 0 Å². The van der Waals surface area contributed by atoms with Crippen LogP contribution in [0, 0.1) is 0 Å². The topological polar surface area (TPSA) is 142 Å². The maximum Gasteiger partial charge on any atom is 0.167 e. The van der Waals surface area contributed by atoms with Crippen molar-refractivity contribution in [1.82, 2.24) is 14.5 Å². The summed E-state index contributed by atoms with van der Waals surface area (Å²) in [5, 5.41) is 37.1. The molecule has 0 aliphatic carbocycles. The molecule has 2 aromatic heterocycles. The van der Waals surface area contributed by atoms with Crippen LogP contribution < -0.4 is 10.7 Å². The van der Waals surface area contributed by atoms with Gasteiger partial charge in [0.25, 0.3) is 0 Å². The van der Waals surface area contributed by atoms with E-state index in [1.807, 2.05) is 6.92 Å². The molecule has 4 heterocycles. The minimum atomic E-state index is -1.62. The van der Waals surface area contributed by atoms with E-state index in [1.54, 1.807) is 15.8 Å². The minimum absolute atomic E-state index is 0.310. The van der Waals surface area contributed by atoms with Gasteiger partial charge in [0.2, 0.25) is 0 Å². The number of hydrogen-bond acceptors (Lipinski definition) is 9. The van der Waals surface area contributed by atoms with Crippen molar-refractivity contribution in [2.75, 3.05) is 18.2 Å². The molecule has 10 nitrogen and oxygen atoms in total. The van der Waals surface area contributed by atoms with Crippen molar-refractivity contribution >= 4 is 22.7 Å². The highest BCUT2D eigenvalue weighted by Crippen LogP contribution is 2.42. The fourth-order valence-corrected chi connectivity index (χ4v) is 3.48. The van der Waals surface area contributed by atoms with Crippen LogP contribution in [0.3, 0.4) is 0 Å². The first kappa shape index (κ1) is 16.2. The van der Waals surface area contributed by atoms with Gasteiger partial charge in [-0.3, -0.25) is 0 Å². The van der Waals surface area contributed by atoms with Crippen molar-refractivity contribution in [2.45, 2.75) is 37.9 Å². The van der Waals surface area contributed by atoms with Gasteiger partial charge < -0.3 is 30.4 Å². The van der Waals surface area contributed by atoms with E-state index in [0.717, 1.165) is 0 Å². The molecule has 134 valence electrons. The van der Waals surface area contributed by atoms with Gasteiger partial charge in [0.15, 0.2) is 17.9 Å². The molecular weight excluding hydrogens is 328 g/mol. The summed E-state index contributed by atoms with van der Waals surface area (Å²) in [6.07, 6.45) is -0.000217. The Morgan fingerprint density at radius 2 is 2.16 bits per heavy atom. The number of aliphatic hydroxyl groups is 3. The van der Waals surface area contributed by atoms with E-state index >= 15 is 0 Å². The molecule has 0 unspecified atom stereocenters. The molecule has 10 heteroatoms. The molecule has 1 fully saturated rings. The number of hydrogen-bond donors (Lipinski definition) is 4. The number of aromatic nitrogens is 3. The molecule has 0 radical (unpaired) electrons. The zero-order chi connectivity index (χ0) is 17.9. The molecule has 2 aliphatic heterocycles. The van der Waals surface area contributed by atoms with Gasteiger partial charge >= 0.3 is 0 Å².